The van der Waals surface area contributed by atoms with Crippen LogP contribution in [0.1, 0.15) is 12.5 Å². The molecular formula is C19H28N4O7S. The normalized spacial score (nSPS) is 15.6. The number of carboxylic acid groups (broad SMARTS) is 1. The maximum absolute atomic E-state index is 12.7. The number of carbonyl (C=O) groups is 4. The largest absolute Gasteiger partial charge is 0.480 e. The molecule has 8 N–H and O–H groups in total. The number of thiol groups is 1. The second kappa shape index (κ2) is 12.9. The summed E-state index contributed by atoms with van der Waals surface area (Å²) in [5, 5.41) is 35.0. The number of carboxylic acids is 1. The zero-order chi connectivity index (χ0) is 23.6. The molecular weight excluding hydrogens is 428 g/mol. The van der Waals surface area contributed by atoms with E-state index in [0.29, 0.717) is 5.56 Å². The maximum atomic E-state index is 12.7. The highest BCUT2D eigenvalue weighted by Crippen LogP contribution is 2.06. The van der Waals surface area contributed by atoms with E-state index in [-0.39, 0.29) is 12.2 Å². The van der Waals surface area contributed by atoms with E-state index in [0.717, 1.165) is 0 Å². The Balaban J connectivity index is 3.04. The van der Waals surface area contributed by atoms with Crippen molar-refractivity contribution in [3.8, 4) is 0 Å². The van der Waals surface area contributed by atoms with Gasteiger partial charge in [0.2, 0.25) is 17.7 Å². The van der Waals surface area contributed by atoms with E-state index in [4.69, 9.17) is 15.9 Å². The average Bonchev–Trinajstić information content (AvgIpc) is 2.74. The van der Waals surface area contributed by atoms with Crippen LogP contribution in [0.3, 0.4) is 0 Å². The van der Waals surface area contributed by atoms with Crippen LogP contribution in [0.5, 0.6) is 0 Å². The highest BCUT2D eigenvalue weighted by atomic mass is 32.1. The number of rotatable bonds is 12. The van der Waals surface area contributed by atoms with Crippen molar-refractivity contribution in [1.82, 2.24) is 16.0 Å². The topological polar surface area (TPSA) is 191 Å². The number of nitrogens with two attached hydrogens (primary N) is 1. The van der Waals surface area contributed by atoms with Crippen LogP contribution in [0.2, 0.25) is 0 Å². The van der Waals surface area contributed by atoms with E-state index in [1.807, 2.05) is 0 Å². The van der Waals surface area contributed by atoms with Gasteiger partial charge in [0, 0.05) is 12.2 Å². The Hall–Kier alpha value is -2.67. The molecule has 11 nitrogen and oxygen atoms in total. The summed E-state index contributed by atoms with van der Waals surface area (Å²) in [6.07, 6.45) is -1.33. The average molecular weight is 457 g/mol. The first-order chi connectivity index (χ1) is 14.6. The third kappa shape index (κ3) is 8.53. The third-order valence-electron chi connectivity index (χ3n) is 4.31. The maximum Gasteiger partial charge on any atom is 0.327 e. The molecule has 0 saturated heterocycles. The molecule has 0 heterocycles. The first kappa shape index (κ1) is 26.4. The number of hydrogen-bond acceptors (Lipinski definition) is 8. The van der Waals surface area contributed by atoms with Gasteiger partial charge in [-0.1, -0.05) is 30.3 Å². The lowest BCUT2D eigenvalue weighted by molar-refractivity contribution is -0.141. The lowest BCUT2D eigenvalue weighted by atomic mass is 10.0. The smallest absolute Gasteiger partial charge is 0.327 e. The first-order valence-electron chi connectivity index (χ1n) is 9.43. The van der Waals surface area contributed by atoms with Crippen LogP contribution < -0.4 is 21.7 Å². The molecule has 0 aliphatic heterocycles. The van der Waals surface area contributed by atoms with Crippen LogP contribution in [0.15, 0.2) is 30.3 Å². The number of aliphatic hydroxyl groups excluding tert-OH is 2. The molecule has 0 radical (unpaired) electrons. The number of nitrogens with one attached hydrogen (secondary N) is 3. The van der Waals surface area contributed by atoms with Crippen molar-refractivity contribution in [2.24, 2.45) is 5.73 Å². The molecule has 1 aromatic rings. The highest BCUT2D eigenvalue weighted by Gasteiger charge is 2.32. The molecule has 0 spiro atoms. The van der Waals surface area contributed by atoms with Gasteiger partial charge in [-0.2, -0.15) is 12.6 Å². The lowest BCUT2D eigenvalue weighted by Gasteiger charge is -2.26. The lowest BCUT2D eigenvalue weighted by Crippen LogP contribution is -2.60. The number of carbonyl (C=O) groups excluding carboxylic acids is 3. The van der Waals surface area contributed by atoms with E-state index in [9.17, 15) is 24.3 Å². The SMILES string of the molecule is CC(O)C(NC(=O)C(N)CO)C(=O)NC(Cc1ccccc1)C(=O)NC(CS)C(=O)O. The summed E-state index contributed by atoms with van der Waals surface area (Å²) in [7, 11) is 0. The van der Waals surface area contributed by atoms with Crippen molar-refractivity contribution >= 4 is 36.3 Å². The van der Waals surface area contributed by atoms with Crippen molar-refractivity contribution in [1.29, 1.82) is 0 Å². The van der Waals surface area contributed by atoms with Crippen molar-refractivity contribution in [2.75, 3.05) is 12.4 Å². The van der Waals surface area contributed by atoms with E-state index in [2.05, 4.69) is 28.6 Å². The molecule has 172 valence electrons. The molecule has 1 rings (SSSR count). The minimum Gasteiger partial charge on any atom is -0.480 e. The molecule has 0 saturated carbocycles. The predicted octanol–water partition coefficient (Wildman–Crippen LogP) is -2.60. The Bertz CT molecular complexity index is 763. The monoisotopic (exact) mass is 456 g/mol. The van der Waals surface area contributed by atoms with Gasteiger partial charge in [0.15, 0.2) is 0 Å². The first-order valence-corrected chi connectivity index (χ1v) is 10.1. The van der Waals surface area contributed by atoms with Crippen LogP contribution in [-0.4, -0.2) is 81.6 Å². The fourth-order valence-electron chi connectivity index (χ4n) is 2.53. The molecule has 12 heteroatoms. The number of aliphatic carboxylic acids is 1. The van der Waals surface area contributed by atoms with E-state index >= 15 is 0 Å². The minimum absolute atomic E-state index is 0.0218. The van der Waals surface area contributed by atoms with Crippen LogP contribution >= 0.6 is 12.6 Å². The Morgan fingerprint density at radius 1 is 1.00 bits per heavy atom. The quantitative estimate of drug-likeness (QED) is 0.157. The van der Waals surface area contributed by atoms with Crippen LogP contribution in [0.25, 0.3) is 0 Å². The van der Waals surface area contributed by atoms with Gasteiger partial charge < -0.3 is 37.0 Å². The molecule has 3 amide bonds. The Labute approximate surface area is 184 Å². The van der Waals surface area contributed by atoms with Crippen LogP contribution in [0.4, 0.5) is 0 Å². The van der Waals surface area contributed by atoms with Gasteiger partial charge in [0.05, 0.1) is 12.7 Å². The van der Waals surface area contributed by atoms with Gasteiger partial charge in [-0.3, -0.25) is 14.4 Å². The Morgan fingerprint density at radius 2 is 1.58 bits per heavy atom. The number of amides is 3. The third-order valence-corrected chi connectivity index (χ3v) is 4.67. The molecule has 0 aliphatic carbocycles. The summed E-state index contributed by atoms with van der Waals surface area (Å²) >= 11 is 3.90. The second-order valence-electron chi connectivity index (χ2n) is 6.85. The van der Waals surface area contributed by atoms with Crippen molar-refractivity contribution in [3.63, 3.8) is 0 Å². The summed E-state index contributed by atoms with van der Waals surface area (Å²) < 4.78 is 0. The number of hydrogen-bond donors (Lipinski definition) is 8. The molecule has 0 fully saturated rings. The van der Waals surface area contributed by atoms with Gasteiger partial charge >= 0.3 is 5.97 Å². The Morgan fingerprint density at radius 3 is 2.06 bits per heavy atom. The highest BCUT2D eigenvalue weighted by molar-refractivity contribution is 7.80. The van der Waals surface area contributed by atoms with Gasteiger partial charge in [0.1, 0.15) is 24.2 Å². The number of benzene rings is 1. The van der Waals surface area contributed by atoms with Crippen LogP contribution in [0, 0.1) is 0 Å². The summed E-state index contributed by atoms with van der Waals surface area (Å²) in [5.74, 6) is -3.99. The van der Waals surface area contributed by atoms with Gasteiger partial charge in [-0.25, -0.2) is 4.79 Å². The fraction of sp³-hybridized carbons (Fsp3) is 0.474. The summed E-state index contributed by atoms with van der Waals surface area (Å²) in [4.78, 5) is 48.6. The van der Waals surface area contributed by atoms with Gasteiger partial charge in [-0.15, -0.1) is 0 Å². The van der Waals surface area contributed by atoms with E-state index < -0.39 is 60.6 Å². The molecule has 31 heavy (non-hydrogen) atoms. The van der Waals surface area contributed by atoms with Crippen molar-refractivity contribution < 1.29 is 34.5 Å². The molecule has 1 aromatic carbocycles. The molecule has 0 aromatic heterocycles. The van der Waals surface area contributed by atoms with E-state index in [1.165, 1.54) is 6.92 Å². The summed E-state index contributed by atoms with van der Waals surface area (Å²) in [6.45, 7) is 0.585. The minimum atomic E-state index is -1.46. The second-order valence-corrected chi connectivity index (χ2v) is 7.21. The summed E-state index contributed by atoms with van der Waals surface area (Å²) in [6, 6.07) is 3.41. The molecule has 0 aliphatic rings. The Kier molecular flexibility index (Phi) is 11.0. The van der Waals surface area contributed by atoms with Crippen molar-refractivity contribution in [3.05, 3.63) is 35.9 Å². The van der Waals surface area contributed by atoms with Gasteiger partial charge in [-0.05, 0) is 12.5 Å². The zero-order valence-electron chi connectivity index (χ0n) is 16.9. The standard InChI is InChI=1S/C19H28N4O7S/c1-10(25)15(23-16(26)12(20)8-24)18(28)21-13(7-11-5-3-2-4-6-11)17(27)22-14(9-31)19(29)30/h2-6,10,12-15,24-25,31H,7-9,20H2,1H3,(H,21,28)(H,22,27)(H,23,26)(H,29,30). The molecule has 0 bridgehead atoms. The summed E-state index contributed by atoms with van der Waals surface area (Å²) in [5.41, 5.74) is 6.09. The van der Waals surface area contributed by atoms with Crippen LogP contribution in [-0.2, 0) is 25.6 Å². The van der Waals surface area contributed by atoms with Gasteiger partial charge in [0.25, 0.3) is 0 Å². The predicted molar refractivity (Wildman–Crippen MR) is 114 cm³/mol. The fourth-order valence-corrected chi connectivity index (χ4v) is 2.77. The zero-order valence-corrected chi connectivity index (χ0v) is 17.8. The molecule has 5 atom stereocenters. The molecule has 5 unspecified atom stereocenters. The number of aliphatic hydroxyl groups is 2. The van der Waals surface area contributed by atoms with E-state index in [1.54, 1.807) is 30.3 Å². The van der Waals surface area contributed by atoms with Crippen molar-refractivity contribution in [2.45, 2.75) is 43.6 Å².